The lowest BCUT2D eigenvalue weighted by Gasteiger charge is -2.14. The Hall–Kier alpha value is -3.48. The maximum Gasteiger partial charge on any atom is 0.308 e. The van der Waals surface area contributed by atoms with Gasteiger partial charge in [0.15, 0.2) is 0 Å². The van der Waals surface area contributed by atoms with Crippen LogP contribution >= 0.6 is 0 Å². The summed E-state index contributed by atoms with van der Waals surface area (Å²) >= 11 is 0. The predicted molar refractivity (Wildman–Crippen MR) is 93.3 cm³/mol. The van der Waals surface area contributed by atoms with E-state index in [4.69, 9.17) is 9.26 Å². The van der Waals surface area contributed by atoms with Gasteiger partial charge in [0.05, 0.1) is 6.54 Å². The molecule has 26 heavy (non-hydrogen) atoms. The monoisotopic (exact) mass is 351 g/mol. The van der Waals surface area contributed by atoms with Crippen molar-refractivity contribution in [3.8, 4) is 17.1 Å². The Labute approximate surface area is 150 Å². The van der Waals surface area contributed by atoms with Gasteiger partial charge in [-0.05, 0) is 24.3 Å². The SMILES string of the molecule is CC(=O)Oc1ccc(C(=O)N(C)Cc2nc(-c3ccccc3)no2)cc1. The summed E-state index contributed by atoms with van der Waals surface area (Å²) < 4.78 is 10.2. The van der Waals surface area contributed by atoms with Crippen LogP contribution in [0.15, 0.2) is 59.1 Å². The second-order valence-corrected chi connectivity index (χ2v) is 5.66. The third-order valence-corrected chi connectivity index (χ3v) is 3.58. The van der Waals surface area contributed by atoms with Gasteiger partial charge in [0.1, 0.15) is 5.75 Å². The predicted octanol–water partition coefficient (Wildman–Crippen LogP) is 2.93. The van der Waals surface area contributed by atoms with Crippen LogP contribution in [0.4, 0.5) is 0 Å². The van der Waals surface area contributed by atoms with Crippen molar-refractivity contribution in [3.63, 3.8) is 0 Å². The third kappa shape index (κ3) is 4.13. The number of hydrogen-bond acceptors (Lipinski definition) is 6. The van der Waals surface area contributed by atoms with Crippen LogP contribution in [0.25, 0.3) is 11.4 Å². The molecular formula is C19H17N3O4. The fourth-order valence-corrected chi connectivity index (χ4v) is 2.35. The van der Waals surface area contributed by atoms with Crippen molar-refractivity contribution >= 4 is 11.9 Å². The molecule has 0 unspecified atom stereocenters. The minimum Gasteiger partial charge on any atom is -0.427 e. The van der Waals surface area contributed by atoms with Crippen LogP contribution in [-0.4, -0.2) is 34.0 Å². The Morgan fingerprint density at radius 1 is 1.08 bits per heavy atom. The first kappa shape index (κ1) is 17.3. The normalized spacial score (nSPS) is 10.4. The van der Waals surface area contributed by atoms with Crippen molar-refractivity contribution in [2.75, 3.05) is 7.05 Å². The van der Waals surface area contributed by atoms with E-state index >= 15 is 0 Å². The van der Waals surface area contributed by atoms with Gasteiger partial charge in [0.2, 0.25) is 11.7 Å². The smallest absolute Gasteiger partial charge is 0.308 e. The molecule has 0 radical (unpaired) electrons. The lowest BCUT2D eigenvalue weighted by molar-refractivity contribution is -0.131. The maximum atomic E-state index is 12.5. The van der Waals surface area contributed by atoms with E-state index in [0.29, 0.717) is 23.0 Å². The Kier molecular flexibility index (Phi) is 5.07. The molecule has 0 aliphatic carbocycles. The van der Waals surface area contributed by atoms with Gasteiger partial charge in [0, 0.05) is 25.1 Å². The minimum absolute atomic E-state index is 0.185. The van der Waals surface area contributed by atoms with Gasteiger partial charge in [-0.15, -0.1) is 0 Å². The van der Waals surface area contributed by atoms with Gasteiger partial charge < -0.3 is 14.2 Å². The Balaban J connectivity index is 1.66. The van der Waals surface area contributed by atoms with Crippen molar-refractivity contribution < 1.29 is 18.8 Å². The molecule has 0 aliphatic rings. The largest absolute Gasteiger partial charge is 0.427 e. The summed E-state index contributed by atoms with van der Waals surface area (Å²) in [4.78, 5) is 29.2. The van der Waals surface area contributed by atoms with Gasteiger partial charge in [-0.2, -0.15) is 4.98 Å². The van der Waals surface area contributed by atoms with E-state index in [1.165, 1.54) is 11.8 Å². The number of aromatic nitrogens is 2. The second-order valence-electron chi connectivity index (χ2n) is 5.66. The number of carbonyl (C=O) groups is 2. The molecule has 3 aromatic rings. The van der Waals surface area contributed by atoms with E-state index in [-0.39, 0.29) is 12.5 Å². The van der Waals surface area contributed by atoms with Crippen LogP contribution in [0.3, 0.4) is 0 Å². The highest BCUT2D eigenvalue weighted by Crippen LogP contribution is 2.17. The van der Waals surface area contributed by atoms with E-state index in [2.05, 4.69) is 10.1 Å². The zero-order chi connectivity index (χ0) is 18.5. The zero-order valence-corrected chi connectivity index (χ0v) is 14.4. The highest BCUT2D eigenvalue weighted by atomic mass is 16.5. The van der Waals surface area contributed by atoms with Crippen molar-refractivity contribution in [1.29, 1.82) is 0 Å². The molecule has 1 heterocycles. The number of rotatable bonds is 5. The van der Waals surface area contributed by atoms with Gasteiger partial charge in [0.25, 0.3) is 5.91 Å². The van der Waals surface area contributed by atoms with Crippen molar-refractivity contribution in [1.82, 2.24) is 15.0 Å². The maximum absolute atomic E-state index is 12.5. The first-order chi connectivity index (χ1) is 12.5. The molecule has 0 atom stereocenters. The summed E-state index contributed by atoms with van der Waals surface area (Å²) in [6.07, 6.45) is 0. The number of nitrogens with zero attached hydrogens (tertiary/aromatic N) is 3. The molecule has 7 heteroatoms. The fourth-order valence-electron chi connectivity index (χ4n) is 2.35. The van der Waals surface area contributed by atoms with Crippen LogP contribution < -0.4 is 4.74 Å². The van der Waals surface area contributed by atoms with E-state index < -0.39 is 5.97 Å². The molecular weight excluding hydrogens is 334 g/mol. The Morgan fingerprint density at radius 2 is 1.77 bits per heavy atom. The number of ether oxygens (including phenoxy) is 1. The van der Waals surface area contributed by atoms with Crippen LogP contribution in [0, 0.1) is 0 Å². The van der Waals surface area contributed by atoms with E-state index in [1.807, 2.05) is 30.3 Å². The van der Waals surface area contributed by atoms with Crippen molar-refractivity contribution in [2.24, 2.45) is 0 Å². The number of esters is 1. The average molecular weight is 351 g/mol. The summed E-state index contributed by atoms with van der Waals surface area (Å²) in [7, 11) is 1.65. The first-order valence-electron chi connectivity index (χ1n) is 7.95. The molecule has 0 spiro atoms. The van der Waals surface area contributed by atoms with Gasteiger partial charge in [-0.3, -0.25) is 9.59 Å². The number of hydrogen-bond donors (Lipinski definition) is 0. The summed E-state index contributed by atoms with van der Waals surface area (Å²) in [6.45, 7) is 1.51. The number of carbonyl (C=O) groups excluding carboxylic acids is 2. The summed E-state index contributed by atoms with van der Waals surface area (Å²) in [5.41, 5.74) is 1.31. The van der Waals surface area contributed by atoms with Gasteiger partial charge in [-0.25, -0.2) is 0 Å². The number of amides is 1. The van der Waals surface area contributed by atoms with Crippen LogP contribution in [-0.2, 0) is 11.3 Å². The molecule has 1 amide bonds. The Morgan fingerprint density at radius 3 is 2.42 bits per heavy atom. The lowest BCUT2D eigenvalue weighted by Crippen LogP contribution is -2.26. The topological polar surface area (TPSA) is 85.5 Å². The van der Waals surface area contributed by atoms with Gasteiger partial charge in [-0.1, -0.05) is 35.5 Å². The van der Waals surface area contributed by atoms with Crippen molar-refractivity contribution in [2.45, 2.75) is 13.5 Å². The van der Waals surface area contributed by atoms with Crippen LogP contribution in [0.5, 0.6) is 5.75 Å². The molecule has 0 fully saturated rings. The molecule has 0 aliphatic heterocycles. The molecule has 0 saturated heterocycles. The fraction of sp³-hybridized carbons (Fsp3) is 0.158. The molecule has 0 N–H and O–H groups in total. The van der Waals surface area contributed by atoms with E-state index in [9.17, 15) is 9.59 Å². The summed E-state index contributed by atoms with van der Waals surface area (Å²) in [5, 5.41) is 3.94. The van der Waals surface area contributed by atoms with Crippen LogP contribution in [0.2, 0.25) is 0 Å². The average Bonchev–Trinajstić information content (AvgIpc) is 3.10. The highest BCUT2D eigenvalue weighted by Gasteiger charge is 2.16. The molecule has 2 aromatic carbocycles. The quantitative estimate of drug-likeness (QED) is 0.519. The highest BCUT2D eigenvalue weighted by molar-refractivity contribution is 5.94. The van der Waals surface area contributed by atoms with E-state index in [1.54, 1.807) is 31.3 Å². The Bertz CT molecular complexity index is 904. The third-order valence-electron chi connectivity index (χ3n) is 3.58. The molecule has 7 nitrogen and oxygen atoms in total. The minimum atomic E-state index is -0.410. The van der Waals surface area contributed by atoms with Crippen molar-refractivity contribution in [3.05, 3.63) is 66.1 Å². The molecule has 0 bridgehead atoms. The summed E-state index contributed by atoms with van der Waals surface area (Å²) in [6, 6.07) is 15.8. The number of benzene rings is 2. The van der Waals surface area contributed by atoms with Crippen LogP contribution in [0.1, 0.15) is 23.2 Å². The first-order valence-corrected chi connectivity index (χ1v) is 7.95. The van der Waals surface area contributed by atoms with Gasteiger partial charge >= 0.3 is 5.97 Å². The zero-order valence-electron chi connectivity index (χ0n) is 14.4. The summed E-state index contributed by atoms with van der Waals surface area (Å²) in [5.74, 6) is 0.593. The molecule has 132 valence electrons. The standard InChI is InChI=1S/C19H17N3O4/c1-13(23)25-16-10-8-15(9-11-16)19(24)22(2)12-17-20-18(21-26-17)14-6-4-3-5-7-14/h3-11H,12H2,1-2H3. The van der Waals surface area contributed by atoms with E-state index in [0.717, 1.165) is 5.56 Å². The molecule has 3 rings (SSSR count). The molecule has 1 aromatic heterocycles. The second kappa shape index (κ2) is 7.60. The molecule has 0 saturated carbocycles. The lowest BCUT2D eigenvalue weighted by atomic mass is 10.2.